The van der Waals surface area contributed by atoms with Crippen LogP contribution in [0.3, 0.4) is 0 Å². The Balaban J connectivity index is 1.39. The van der Waals surface area contributed by atoms with E-state index in [4.69, 9.17) is 0 Å². The van der Waals surface area contributed by atoms with E-state index in [-0.39, 0.29) is 24.4 Å². The van der Waals surface area contributed by atoms with Gasteiger partial charge in [-0.2, -0.15) is 0 Å². The van der Waals surface area contributed by atoms with E-state index in [1.54, 1.807) is 6.92 Å². The van der Waals surface area contributed by atoms with E-state index in [0.29, 0.717) is 12.2 Å². The molecule has 1 atom stereocenters. The van der Waals surface area contributed by atoms with Crippen LogP contribution in [0, 0.1) is 24.7 Å². The number of aryl methyl sites for hydroxylation is 1. The quantitative estimate of drug-likeness (QED) is 0.398. The summed E-state index contributed by atoms with van der Waals surface area (Å²) in [6.45, 7) is 6.00. The summed E-state index contributed by atoms with van der Waals surface area (Å²) in [6.07, 6.45) is 9.73. The lowest BCUT2D eigenvalue weighted by molar-refractivity contribution is -0.139. The van der Waals surface area contributed by atoms with Crippen LogP contribution in [0.2, 0.25) is 0 Å². The van der Waals surface area contributed by atoms with Gasteiger partial charge < -0.3 is 10.2 Å². The standard InChI is InChI=1S/C33H45N3O4S/c1-5-14-34-32(38)24(3)35(21-28-9-7-6-8-23(28)2)31(37)22-36(41(4,39)40)30-12-10-29(11-13-30)33-18-25-15-26(19-33)17-27(16-25)20-33/h6-13,24-27H,5,14-22H2,1-4H3,(H,34,38). The molecule has 0 aromatic heterocycles. The third-order valence-corrected chi connectivity index (χ3v) is 10.9. The van der Waals surface area contributed by atoms with E-state index < -0.39 is 22.0 Å². The molecule has 4 aliphatic rings. The Morgan fingerprint density at radius 1 is 0.976 bits per heavy atom. The first-order chi connectivity index (χ1) is 19.5. The number of anilines is 1. The minimum Gasteiger partial charge on any atom is -0.354 e. The molecule has 2 amide bonds. The van der Waals surface area contributed by atoms with Crippen LogP contribution in [-0.4, -0.2) is 50.5 Å². The van der Waals surface area contributed by atoms with Gasteiger partial charge in [-0.1, -0.05) is 43.3 Å². The molecule has 4 aliphatic carbocycles. The fourth-order valence-corrected chi connectivity index (χ4v) is 8.86. The number of amides is 2. The maximum atomic E-state index is 13.8. The average Bonchev–Trinajstić information content (AvgIpc) is 2.92. The van der Waals surface area contributed by atoms with Gasteiger partial charge in [0.25, 0.3) is 0 Å². The van der Waals surface area contributed by atoms with Gasteiger partial charge in [-0.15, -0.1) is 0 Å². The maximum absolute atomic E-state index is 13.8. The number of hydrogen-bond donors (Lipinski definition) is 1. The zero-order valence-electron chi connectivity index (χ0n) is 24.9. The lowest BCUT2D eigenvalue weighted by Gasteiger charge is -2.57. The van der Waals surface area contributed by atoms with Crippen molar-refractivity contribution in [1.29, 1.82) is 0 Å². The predicted molar refractivity (Wildman–Crippen MR) is 163 cm³/mol. The zero-order valence-corrected chi connectivity index (χ0v) is 25.8. The molecule has 7 nitrogen and oxygen atoms in total. The normalized spacial score (nSPS) is 25.5. The number of nitrogens with one attached hydrogen (secondary N) is 1. The number of carbonyl (C=O) groups is 2. The number of hydrogen-bond acceptors (Lipinski definition) is 4. The number of sulfonamides is 1. The Kier molecular flexibility index (Phi) is 8.51. The van der Waals surface area contributed by atoms with Gasteiger partial charge in [0.2, 0.25) is 21.8 Å². The third-order valence-electron chi connectivity index (χ3n) is 9.80. The minimum atomic E-state index is -3.76. The SMILES string of the molecule is CCCNC(=O)C(C)N(Cc1ccccc1C)C(=O)CN(c1ccc(C23CC4CC(CC(C4)C2)C3)cc1)S(C)(=O)=O. The van der Waals surface area contributed by atoms with E-state index in [0.717, 1.165) is 41.6 Å². The predicted octanol–water partition coefficient (Wildman–Crippen LogP) is 5.17. The Morgan fingerprint density at radius 3 is 2.10 bits per heavy atom. The van der Waals surface area contributed by atoms with Gasteiger partial charge in [0.15, 0.2) is 0 Å². The van der Waals surface area contributed by atoms with Crippen molar-refractivity contribution in [3.8, 4) is 0 Å². The first-order valence-electron chi connectivity index (χ1n) is 15.2. The molecule has 8 heteroatoms. The molecule has 0 spiro atoms. The lowest BCUT2D eigenvalue weighted by Crippen LogP contribution is -2.51. The molecular weight excluding hydrogens is 534 g/mol. The average molecular weight is 580 g/mol. The number of benzene rings is 2. The van der Waals surface area contributed by atoms with Crippen molar-refractivity contribution in [3.05, 3.63) is 65.2 Å². The summed E-state index contributed by atoms with van der Waals surface area (Å²) in [7, 11) is -3.76. The Labute approximate surface area is 245 Å². The summed E-state index contributed by atoms with van der Waals surface area (Å²) in [5, 5.41) is 2.88. The van der Waals surface area contributed by atoms with Crippen LogP contribution in [0.25, 0.3) is 0 Å². The molecule has 0 aliphatic heterocycles. The molecule has 41 heavy (non-hydrogen) atoms. The van der Waals surface area contributed by atoms with Crippen molar-refractivity contribution in [1.82, 2.24) is 10.2 Å². The Morgan fingerprint density at radius 2 is 1.56 bits per heavy atom. The van der Waals surface area contributed by atoms with Crippen LogP contribution >= 0.6 is 0 Å². The maximum Gasteiger partial charge on any atom is 0.244 e. The largest absolute Gasteiger partial charge is 0.354 e. The molecule has 6 rings (SSSR count). The molecule has 4 fully saturated rings. The van der Waals surface area contributed by atoms with E-state index in [1.165, 1.54) is 53.3 Å². The van der Waals surface area contributed by atoms with E-state index in [2.05, 4.69) is 17.4 Å². The van der Waals surface area contributed by atoms with Crippen molar-refractivity contribution in [2.45, 2.75) is 83.7 Å². The number of rotatable bonds is 11. The highest BCUT2D eigenvalue weighted by Crippen LogP contribution is 2.60. The van der Waals surface area contributed by atoms with Crippen molar-refractivity contribution >= 4 is 27.5 Å². The summed E-state index contributed by atoms with van der Waals surface area (Å²) < 4.78 is 27.2. The zero-order chi connectivity index (χ0) is 29.4. The second kappa shape index (κ2) is 11.8. The summed E-state index contributed by atoms with van der Waals surface area (Å²) in [5.74, 6) is 1.80. The van der Waals surface area contributed by atoms with Crippen molar-refractivity contribution < 1.29 is 18.0 Å². The topological polar surface area (TPSA) is 86.8 Å². The van der Waals surface area contributed by atoms with Gasteiger partial charge in [0.05, 0.1) is 11.9 Å². The molecule has 4 bridgehead atoms. The molecule has 2 aromatic rings. The fraction of sp³-hybridized carbons (Fsp3) is 0.576. The van der Waals surface area contributed by atoms with Gasteiger partial charge in [-0.3, -0.25) is 13.9 Å². The molecule has 222 valence electrons. The fourth-order valence-electron chi connectivity index (χ4n) is 8.01. The minimum absolute atomic E-state index is 0.213. The van der Waals surface area contributed by atoms with E-state index in [9.17, 15) is 18.0 Å². The summed E-state index contributed by atoms with van der Waals surface area (Å²) in [6, 6.07) is 14.9. The Hall–Kier alpha value is -2.87. The van der Waals surface area contributed by atoms with Crippen LogP contribution in [0.4, 0.5) is 5.69 Å². The number of nitrogens with zero attached hydrogens (tertiary/aromatic N) is 2. The molecule has 0 heterocycles. The van der Waals surface area contributed by atoms with Gasteiger partial charge in [-0.25, -0.2) is 8.42 Å². The van der Waals surface area contributed by atoms with Crippen LogP contribution in [0.1, 0.15) is 75.5 Å². The van der Waals surface area contributed by atoms with Crippen LogP contribution in [0.5, 0.6) is 0 Å². The number of carbonyl (C=O) groups excluding carboxylic acids is 2. The van der Waals surface area contributed by atoms with E-state index >= 15 is 0 Å². The van der Waals surface area contributed by atoms with Gasteiger partial charge >= 0.3 is 0 Å². The summed E-state index contributed by atoms with van der Waals surface area (Å²) in [5.41, 5.74) is 3.93. The van der Waals surface area contributed by atoms with Crippen molar-refractivity contribution in [3.63, 3.8) is 0 Å². The first-order valence-corrected chi connectivity index (χ1v) is 17.0. The van der Waals surface area contributed by atoms with Crippen LogP contribution in [0.15, 0.2) is 48.5 Å². The van der Waals surface area contributed by atoms with Gasteiger partial charge in [0, 0.05) is 13.1 Å². The molecule has 2 aromatic carbocycles. The molecule has 4 saturated carbocycles. The van der Waals surface area contributed by atoms with Crippen molar-refractivity contribution in [2.24, 2.45) is 17.8 Å². The molecular formula is C33H45N3O4S. The summed E-state index contributed by atoms with van der Waals surface area (Å²) >= 11 is 0. The van der Waals surface area contributed by atoms with Gasteiger partial charge in [-0.05, 0) is 111 Å². The monoisotopic (exact) mass is 579 g/mol. The van der Waals surface area contributed by atoms with Crippen molar-refractivity contribution in [2.75, 3.05) is 23.7 Å². The summed E-state index contributed by atoms with van der Waals surface area (Å²) in [4.78, 5) is 28.3. The highest BCUT2D eigenvalue weighted by Gasteiger charge is 2.51. The molecule has 1 unspecified atom stereocenters. The van der Waals surface area contributed by atoms with Crippen LogP contribution in [-0.2, 0) is 31.6 Å². The molecule has 0 saturated heterocycles. The second-order valence-corrected chi connectivity index (χ2v) is 14.8. The highest BCUT2D eigenvalue weighted by molar-refractivity contribution is 7.92. The lowest BCUT2D eigenvalue weighted by atomic mass is 9.48. The van der Waals surface area contributed by atoms with Crippen LogP contribution < -0.4 is 9.62 Å². The highest BCUT2D eigenvalue weighted by atomic mass is 32.2. The first kappa shape index (κ1) is 29.6. The van der Waals surface area contributed by atoms with E-state index in [1.807, 2.05) is 50.2 Å². The molecule has 1 N–H and O–H groups in total. The Bertz CT molecular complexity index is 1340. The smallest absolute Gasteiger partial charge is 0.244 e. The molecule has 0 radical (unpaired) electrons. The third kappa shape index (κ3) is 6.32. The van der Waals surface area contributed by atoms with Gasteiger partial charge in [0.1, 0.15) is 12.6 Å². The second-order valence-electron chi connectivity index (χ2n) is 12.9.